The van der Waals surface area contributed by atoms with E-state index < -0.39 is 17.5 Å². The number of carboxylic acids is 1. The first kappa shape index (κ1) is 14.8. The van der Waals surface area contributed by atoms with Gasteiger partial charge in [-0.1, -0.05) is 15.9 Å². The van der Waals surface area contributed by atoms with Crippen molar-refractivity contribution < 1.29 is 19.4 Å². The van der Waals surface area contributed by atoms with Gasteiger partial charge in [-0.3, -0.25) is 0 Å². The van der Waals surface area contributed by atoms with Crippen molar-refractivity contribution in [1.29, 1.82) is 0 Å². The predicted molar refractivity (Wildman–Crippen MR) is 76.8 cm³/mol. The molecule has 1 heterocycles. The highest BCUT2D eigenvalue weighted by Crippen LogP contribution is 2.21. The number of carbonyl (C=O) groups excluding carboxylic acids is 1. The van der Waals surface area contributed by atoms with E-state index in [9.17, 15) is 14.7 Å². The largest absolute Gasteiger partial charge is 0.479 e. The molecular weight excluding hydrogens is 328 g/mol. The van der Waals surface area contributed by atoms with Gasteiger partial charge in [-0.05, 0) is 30.7 Å². The second-order valence-corrected chi connectivity index (χ2v) is 5.70. The number of ether oxygens (including phenoxy) is 1. The number of anilines is 1. The second-order valence-electron chi connectivity index (χ2n) is 4.79. The molecule has 6 nitrogen and oxygen atoms in total. The molecule has 2 amide bonds. The van der Waals surface area contributed by atoms with Gasteiger partial charge in [0.25, 0.3) is 0 Å². The Morgan fingerprint density at radius 3 is 2.70 bits per heavy atom. The van der Waals surface area contributed by atoms with Crippen LogP contribution < -0.4 is 10.6 Å². The van der Waals surface area contributed by atoms with E-state index in [1.807, 2.05) is 13.0 Å². The zero-order valence-electron chi connectivity index (χ0n) is 10.9. The maximum atomic E-state index is 11.9. The molecule has 0 aliphatic carbocycles. The van der Waals surface area contributed by atoms with Crippen molar-refractivity contribution in [3.63, 3.8) is 0 Å². The summed E-state index contributed by atoms with van der Waals surface area (Å²) in [5, 5.41) is 14.4. The number of rotatable bonds is 3. The maximum Gasteiger partial charge on any atom is 0.332 e. The zero-order valence-corrected chi connectivity index (χ0v) is 12.5. The van der Waals surface area contributed by atoms with Crippen LogP contribution in [0.25, 0.3) is 0 Å². The van der Waals surface area contributed by atoms with E-state index in [0.717, 1.165) is 10.0 Å². The first-order valence-electron chi connectivity index (χ1n) is 6.09. The Kier molecular flexibility index (Phi) is 4.29. The molecule has 1 aliphatic rings. The standard InChI is InChI=1S/C13H15BrN2O4/c1-8-4-9(14)6-10(5-8)15-12(19)16-13(11(17)18)2-3-20-7-13/h4-6H,2-3,7H2,1H3,(H,17,18)(H2,15,16,19). The maximum absolute atomic E-state index is 11.9. The predicted octanol–water partition coefficient (Wildman–Crippen LogP) is 2.12. The van der Waals surface area contributed by atoms with Gasteiger partial charge >= 0.3 is 12.0 Å². The molecule has 20 heavy (non-hydrogen) atoms. The van der Waals surface area contributed by atoms with Crippen molar-refractivity contribution in [3.05, 3.63) is 28.2 Å². The van der Waals surface area contributed by atoms with Gasteiger partial charge < -0.3 is 20.5 Å². The molecule has 7 heteroatoms. The molecule has 1 aromatic rings. The number of nitrogens with one attached hydrogen (secondary N) is 2. The van der Waals surface area contributed by atoms with E-state index in [1.165, 1.54) is 0 Å². The van der Waals surface area contributed by atoms with Gasteiger partial charge in [0.1, 0.15) is 0 Å². The van der Waals surface area contributed by atoms with E-state index >= 15 is 0 Å². The highest BCUT2D eigenvalue weighted by atomic mass is 79.9. The van der Waals surface area contributed by atoms with Crippen molar-refractivity contribution in [3.8, 4) is 0 Å². The highest BCUT2D eigenvalue weighted by Gasteiger charge is 2.44. The van der Waals surface area contributed by atoms with Crippen LogP contribution in [0, 0.1) is 6.92 Å². The van der Waals surface area contributed by atoms with Gasteiger partial charge in [-0.25, -0.2) is 9.59 Å². The lowest BCUT2D eigenvalue weighted by Gasteiger charge is -2.23. The van der Waals surface area contributed by atoms with Gasteiger partial charge in [0.2, 0.25) is 0 Å². The minimum atomic E-state index is -1.34. The zero-order chi connectivity index (χ0) is 14.8. The minimum Gasteiger partial charge on any atom is -0.479 e. The summed E-state index contributed by atoms with van der Waals surface area (Å²) in [7, 11) is 0. The Labute approximate surface area is 124 Å². The number of urea groups is 1. The van der Waals surface area contributed by atoms with Gasteiger partial charge in [0.05, 0.1) is 6.61 Å². The minimum absolute atomic E-state index is 0.0206. The van der Waals surface area contributed by atoms with Gasteiger partial charge in [-0.15, -0.1) is 0 Å². The Bertz CT molecular complexity index is 521. The molecule has 1 fully saturated rings. The van der Waals surface area contributed by atoms with Gasteiger partial charge in [0.15, 0.2) is 5.54 Å². The molecule has 0 aromatic heterocycles. The number of carboxylic acid groups (broad SMARTS) is 1. The average molecular weight is 343 g/mol. The fraction of sp³-hybridized carbons (Fsp3) is 0.385. The summed E-state index contributed by atoms with van der Waals surface area (Å²) >= 11 is 3.34. The Balaban J connectivity index is 2.06. The summed E-state index contributed by atoms with van der Waals surface area (Å²) in [4.78, 5) is 23.2. The summed E-state index contributed by atoms with van der Waals surface area (Å²) in [5.74, 6) is -1.09. The molecule has 2 rings (SSSR count). The van der Waals surface area contributed by atoms with E-state index in [4.69, 9.17) is 4.74 Å². The Morgan fingerprint density at radius 2 is 2.15 bits per heavy atom. The molecule has 0 bridgehead atoms. The van der Waals surface area contributed by atoms with Gasteiger partial charge in [0, 0.05) is 23.2 Å². The summed E-state index contributed by atoms with van der Waals surface area (Å²) < 4.78 is 5.92. The SMILES string of the molecule is Cc1cc(Br)cc(NC(=O)NC2(C(=O)O)CCOC2)c1. The Morgan fingerprint density at radius 1 is 1.40 bits per heavy atom. The molecule has 108 valence electrons. The monoisotopic (exact) mass is 342 g/mol. The number of halogens is 1. The van der Waals surface area contributed by atoms with Crippen molar-refractivity contribution >= 4 is 33.6 Å². The van der Waals surface area contributed by atoms with Crippen molar-refractivity contribution in [2.45, 2.75) is 18.9 Å². The topological polar surface area (TPSA) is 87.7 Å². The molecule has 1 aliphatic heterocycles. The lowest BCUT2D eigenvalue weighted by molar-refractivity contribution is -0.144. The van der Waals surface area contributed by atoms with E-state index in [-0.39, 0.29) is 13.0 Å². The number of carbonyl (C=O) groups is 2. The first-order valence-corrected chi connectivity index (χ1v) is 6.88. The number of aliphatic carboxylic acids is 1. The summed E-state index contributed by atoms with van der Waals surface area (Å²) in [6, 6.07) is 4.89. The van der Waals surface area contributed by atoms with Crippen LogP contribution in [0.1, 0.15) is 12.0 Å². The number of amides is 2. The molecule has 1 saturated heterocycles. The summed E-state index contributed by atoms with van der Waals surface area (Å²) in [5.41, 5.74) is 0.228. The number of aryl methyl sites for hydroxylation is 1. The Hall–Kier alpha value is -1.60. The molecule has 0 spiro atoms. The van der Waals surface area contributed by atoms with E-state index in [1.54, 1.807) is 12.1 Å². The van der Waals surface area contributed by atoms with Crippen molar-refractivity contribution in [2.75, 3.05) is 18.5 Å². The van der Waals surface area contributed by atoms with Crippen molar-refractivity contribution in [1.82, 2.24) is 5.32 Å². The van der Waals surface area contributed by atoms with Crippen molar-refractivity contribution in [2.24, 2.45) is 0 Å². The number of hydrogen-bond donors (Lipinski definition) is 3. The third kappa shape index (κ3) is 3.29. The molecule has 1 atom stereocenters. The van der Waals surface area contributed by atoms with Gasteiger partial charge in [-0.2, -0.15) is 0 Å². The van der Waals surface area contributed by atoms with Crippen LogP contribution in [0.3, 0.4) is 0 Å². The molecule has 3 N–H and O–H groups in total. The molecular formula is C13H15BrN2O4. The van der Waals surface area contributed by atoms with Crippen LogP contribution >= 0.6 is 15.9 Å². The number of hydrogen-bond acceptors (Lipinski definition) is 3. The molecule has 1 unspecified atom stereocenters. The van der Waals surface area contributed by atoms with E-state index in [2.05, 4.69) is 26.6 Å². The number of benzene rings is 1. The van der Waals surface area contributed by atoms with Crippen LogP contribution in [0.2, 0.25) is 0 Å². The molecule has 0 saturated carbocycles. The first-order chi connectivity index (χ1) is 9.41. The third-order valence-corrected chi connectivity index (χ3v) is 3.54. The average Bonchev–Trinajstić information content (AvgIpc) is 2.76. The lowest BCUT2D eigenvalue weighted by atomic mass is 9.99. The van der Waals surface area contributed by atoms with Crippen LogP contribution in [0.4, 0.5) is 10.5 Å². The smallest absolute Gasteiger partial charge is 0.332 e. The lowest BCUT2D eigenvalue weighted by Crippen LogP contribution is -2.56. The van der Waals surface area contributed by atoms with Crippen LogP contribution in [0.15, 0.2) is 22.7 Å². The van der Waals surface area contributed by atoms with Crippen LogP contribution in [-0.4, -0.2) is 35.9 Å². The molecule has 1 aromatic carbocycles. The normalized spacial score (nSPS) is 21.5. The fourth-order valence-electron chi connectivity index (χ4n) is 2.07. The summed E-state index contributed by atoms with van der Waals surface area (Å²) in [6.07, 6.45) is 0.257. The van der Waals surface area contributed by atoms with Crippen LogP contribution in [0.5, 0.6) is 0 Å². The molecule has 0 radical (unpaired) electrons. The van der Waals surface area contributed by atoms with E-state index in [0.29, 0.717) is 12.3 Å². The third-order valence-electron chi connectivity index (χ3n) is 3.08. The quantitative estimate of drug-likeness (QED) is 0.785. The van der Waals surface area contributed by atoms with Crippen LogP contribution in [-0.2, 0) is 9.53 Å². The second kappa shape index (κ2) is 5.80. The fourth-order valence-corrected chi connectivity index (χ4v) is 2.68. The highest BCUT2D eigenvalue weighted by molar-refractivity contribution is 9.10. The summed E-state index contributed by atoms with van der Waals surface area (Å²) in [6.45, 7) is 2.20.